The number of hydrogen-bond donors (Lipinski definition) is 2. The number of aryl methyl sites for hydroxylation is 1. The molecule has 0 aliphatic carbocycles. The first-order chi connectivity index (χ1) is 10.0. The molecule has 0 saturated heterocycles. The zero-order chi connectivity index (χ0) is 15.4. The number of benzene rings is 2. The van der Waals surface area contributed by atoms with E-state index in [2.05, 4.69) is 5.32 Å². The fourth-order valence-corrected chi connectivity index (χ4v) is 1.98. The summed E-state index contributed by atoms with van der Waals surface area (Å²) in [4.78, 5) is 12.0. The highest BCUT2D eigenvalue weighted by molar-refractivity contribution is 5.93. The van der Waals surface area contributed by atoms with Gasteiger partial charge >= 0.3 is 0 Å². The Balaban J connectivity index is 2.13. The summed E-state index contributed by atoms with van der Waals surface area (Å²) in [6, 6.07) is 9.28. The first-order valence-corrected chi connectivity index (χ1v) is 6.53. The highest BCUT2D eigenvalue weighted by atomic mass is 19.2. The number of carbonyl (C=O) groups excluding carboxylic acids is 1. The predicted molar refractivity (Wildman–Crippen MR) is 77.8 cm³/mol. The van der Waals surface area contributed by atoms with Crippen LogP contribution in [-0.2, 0) is 17.8 Å². The summed E-state index contributed by atoms with van der Waals surface area (Å²) in [5, 5.41) is 2.70. The van der Waals surface area contributed by atoms with Crippen LogP contribution in [0.2, 0.25) is 0 Å². The van der Waals surface area contributed by atoms with Crippen LogP contribution in [0.25, 0.3) is 0 Å². The summed E-state index contributed by atoms with van der Waals surface area (Å²) >= 11 is 0. The van der Waals surface area contributed by atoms with E-state index in [-0.39, 0.29) is 12.0 Å². The minimum Gasteiger partial charge on any atom is -0.326 e. The smallest absolute Gasteiger partial charge is 0.228 e. The first-order valence-electron chi connectivity index (χ1n) is 6.53. The van der Waals surface area contributed by atoms with Crippen molar-refractivity contribution in [2.24, 2.45) is 5.73 Å². The van der Waals surface area contributed by atoms with E-state index >= 15 is 0 Å². The Bertz CT molecular complexity index is 671. The third-order valence-corrected chi connectivity index (χ3v) is 3.19. The fourth-order valence-electron chi connectivity index (χ4n) is 1.98. The van der Waals surface area contributed by atoms with Gasteiger partial charge < -0.3 is 11.1 Å². The van der Waals surface area contributed by atoms with Gasteiger partial charge in [-0.25, -0.2) is 8.78 Å². The van der Waals surface area contributed by atoms with Crippen molar-refractivity contribution >= 4 is 11.6 Å². The van der Waals surface area contributed by atoms with E-state index in [0.29, 0.717) is 12.2 Å². The molecule has 0 aliphatic rings. The van der Waals surface area contributed by atoms with Crippen LogP contribution in [0.3, 0.4) is 0 Å². The van der Waals surface area contributed by atoms with Gasteiger partial charge in [0, 0.05) is 17.8 Å². The molecule has 0 heterocycles. The van der Waals surface area contributed by atoms with Crippen molar-refractivity contribution in [2.75, 3.05) is 5.32 Å². The molecule has 0 saturated carbocycles. The van der Waals surface area contributed by atoms with Crippen molar-refractivity contribution < 1.29 is 13.6 Å². The monoisotopic (exact) mass is 290 g/mol. The van der Waals surface area contributed by atoms with Gasteiger partial charge in [-0.15, -0.1) is 0 Å². The van der Waals surface area contributed by atoms with Crippen LogP contribution >= 0.6 is 0 Å². The van der Waals surface area contributed by atoms with Crippen molar-refractivity contribution in [3.63, 3.8) is 0 Å². The molecule has 0 fully saturated rings. The van der Waals surface area contributed by atoms with Gasteiger partial charge in [0.1, 0.15) is 0 Å². The number of rotatable bonds is 4. The Kier molecular flexibility index (Phi) is 4.65. The number of anilines is 1. The lowest BCUT2D eigenvalue weighted by Gasteiger charge is -2.10. The lowest BCUT2D eigenvalue weighted by Crippen LogP contribution is -2.16. The molecule has 0 atom stereocenters. The Morgan fingerprint density at radius 2 is 2.00 bits per heavy atom. The van der Waals surface area contributed by atoms with Crippen LogP contribution in [0, 0.1) is 18.6 Å². The maximum absolute atomic E-state index is 13.5. The molecule has 0 aliphatic heterocycles. The quantitative estimate of drug-likeness (QED) is 0.909. The number of nitrogens with one attached hydrogen (secondary N) is 1. The van der Waals surface area contributed by atoms with Crippen molar-refractivity contribution in [1.29, 1.82) is 0 Å². The molecule has 3 nitrogen and oxygen atoms in total. The zero-order valence-corrected chi connectivity index (χ0v) is 11.6. The largest absolute Gasteiger partial charge is 0.326 e. The molecule has 2 aromatic carbocycles. The van der Waals surface area contributed by atoms with Gasteiger partial charge in [-0.2, -0.15) is 0 Å². The lowest BCUT2D eigenvalue weighted by atomic mass is 10.1. The second kappa shape index (κ2) is 6.45. The van der Waals surface area contributed by atoms with Gasteiger partial charge in [0.15, 0.2) is 11.6 Å². The van der Waals surface area contributed by atoms with Gasteiger partial charge in [-0.3, -0.25) is 4.79 Å². The van der Waals surface area contributed by atoms with Crippen molar-refractivity contribution in [3.05, 3.63) is 64.7 Å². The minimum atomic E-state index is -0.986. The molecule has 21 heavy (non-hydrogen) atoms. The van der Waals surface area contributed by atoms with E-state index in [4.69, 9.17) is 5.73 Å². The maximum Gasteiger partial charge on any atom is 0.228 e. The average molecular weight is 290 g/mol. The number of amides is 1. The van der Waals surface area contributed by atoms with Crippen LogP contribution < -0.4 is 11.1 Å². The van der Waals surface area contributed by atoms with Gasteiger partial charge in [-0.05, 0) is 30.2 Å². The van der Waals surface area contributed by atoms with E-state index < -0.39 is 17.5 Å². The third kappa shape index (κ3) is 3.64. The van der Waals surface area contributed by atoms with Gasteiger partial charge in [0.2, 0.25) is 5.91 Å². The van der Waals surface area contributed by atoms with Crippen LogP contribution in [0.1, 0.15) is 16.7 Å². The molecule has 0 unspecified atom stereocenters. The molecule has 0 bridgehead atoms. The van der Waals surface area contributed by atoms with Crippen LogP contribution in [0.15, 0.2) is 36.4 Å². The number of nitrogens with two attached hydrogens (primary N) is 1. The normalized spacial score (nSPS) is 10.5. The van der Waals surface area contributed by atoms with Crippen molar-refractivity contribution in [1.82, 2.24) is 0 Å². The van der Waals surface area contributed by atoms with E-state index in [1.54, 1.807) is 6.07 Å². The molecular formula is C16H16F2N2O. The number of carbonyl (C=O) groups is 1. The first kappa shape index (κ1) is 15.1. The lowest BCUT2D eigenvalue weighted by molar-refractivity contribution is -0.115. The van der Waals surface area contributed by atoms with E-state index in [9.17, 15) is 13.6 Å². The standard InChI is InChI=1S/C16H16F2N2O/c1-10-5-6-11(9-19)7-14(10)20-15(21)8-12-3-2-4-13(17)16(12)18/h2-7H,8-9,19H2,1H3,(H,20,21). The summed E-state index contributed by atoms with van der Waals surface area (Å²) in [6.45, 7) is 2.21. The number of halogens is 2. The summed E-state index contributed by atoms with van der Waals surface area (Å²) in [6.07, 6.45) is -0.226. The van der Waals surface area contributed by atoms with Crippen molar-refractivity contribution in [3.8, 4) is 0 Å². The van der Waals surface area contributed by atoms with E-state index in [1.807, 2.05) is 19.1 Å². The molecule has 5 heteroatoms. The Labute approximate surface area is 121 Å². The van der Waals surface area contributed by atoms with Gasteiger partial charge in [-0.1, -0.05) is 24.3 Å². The highest BCUT2D eigenvalue weighted by Gasteiger charge is 2.12. The van der Waals surface area contributed by atoms with Crippen LogP contribution in [-0.4, -0.2) is 5.91 Å². The highest BCUT2D eigenvalue weighted by Crippen LogP contribution is 2.18. The van der Waals surface area contributed by atoms with Gasteiger partial charge in [0.25, 0.3) is 0 Å². The summed E-state index contributed by atoms with van der Waals surface area (Å²) in [5.74, 6) is -2.35. The van der Waals surface area contributed by atoms with E-state index in [0.717, 1.165) is 17.2 Å². The third-order valence-electron chi connectivity index (χ3n) is 3.19. The Morgan fingerprint density at radius 1 is 1.24 bits per heavy atom. The molecular weight excluding hydrogens is 274 g/mol. The Hall–Kier alpha value is -2.27. The molecule has 2 rings (SSSR count). The molecule has 0 radical (unpaired) electrons. The molecule has 3 N–H and O–H groups in total. The van der Waals surface area contributed by atoms with Crippen LogP contribution in [0.5, 0.6) is 0 Å². The molecule has 110 valence electrons. The number of hydrogen-bond acceptors (Lipinski definition) is 2. The molecule has 0 spiro atoms. The molecule has 0 aromatic heterocycles. The summed E-state index contributed by atoms with van der Waals surface area (Å²) in [5.41, 5.74) is 7.97. The van der Waals surface area contributed by atoms with Crippen molar-refractivity contribution in [2.45, 2.75) is 19.9 Å². The minimum absolute atomic E-state index is 0.0279. The predicted octanol–water partition coefficient (Wildman–Crippen LogP) is 2.91. The topological polar surface area (TPSA) is 55.1 Å². The van der Waals surface area contributed by atoms with Crippen LogP contribution in [0.4, 0.5) is 14.5 Å². The fraction of sp³-hybridized carbons (Fsp3) is 0.188. The summed E-state index contributed by atoms with van der Waals surface area (Å²) in [7, 11) is 0. The maximum atomic E-state index is 13.5. The Morgan fingerprint density at radius 3 is 2.71 bits per heavy atom. The van der Waals surface area contributed by atoms with Gasteiger partial charge in [0.05, 0.1) is 6.42 Å². The summed E-state index contributed by atoms with van der Waals surface area (Å²) < 4.78 is 26.6. The molecule has 2 aromatic rings. The average Bonchev–Trinajstić information content (AvgIpc) is 2.46. The van der Waals surface area contributed by atoms with E-state index in [1.165, 1.54) is 12.1 Å². The second-order valence-electron chi connectivity index (χ2n) is 4.79. The zero-order valence-electron chi connectivity index (χ0n) is 11.6. The SMILES string of the molecule is Cc1ccc(CN)cc1NC(=O)Cc1cccc(F)c1F. The molecule has 1 amide bonds. The second-order valence-corrected chi connectivity index (χ2v) is 4.79.